The molecule has 0 spiro atoms. The van der Waals surface area contributed by atoms with Gasteiger partial charge < -0.3 is 4.90 Å². The van der Waals surface area contributed by atoms with Crippen LogP contribution in [-0.2, 0) is 6.54 Å². The highest BCUT2D eigenvalue weighted by Gasteiger charge is 2.41. The van der Waals surface area contributed by atoms with E-state index in [1.807, 2.05) is 0 Å². The van der Waals surface area contributed by atoms with Crippen LogP contribution < -0.4 is 0 Å². The smallest absolute Gasteiger partial charge is 0.185 e. The maximum Gasteiger partial charge on any atom is 0.185 e. The van der Waals surface area contributed by atoms with Gasteiger partial charge in [0.2, 0.25) is 0 Å². The molecule has 0 radical (unpaired) electrons. The Morgan fingerprint density at radius 1 is 1.40 bits per heavy atom. The summed E-state index contributed by atoms with van der Waals surface area (Å²) < 4.78 is 1.78. The number of aryl methyl sites for hydroxylation is 1. The molecule has 110 valence electrons. The minimum absolute atomic E-state index is 0.119. The van der Waals surface area contributed by atoms with Crippen molar-refractivity contribution < 1.29 is 4.79 Å². The Morgan fingerprint density at radius 3 is 2.65 bits per heavy atom. The van der Waals surface area contributed by atoms with E-state index >= 15 is 0 Å². The predicted octanol–water partition coefficient (Wildman–Crippen LogP) is 3.00. The molecule has 2 saturated heterocycles. The number of carbonyl (C=O) groups is 1. The zero-order valence-corrected chi connectivity index (χ0v) is 12.9. The van der Waals surface area contributed by atoms with Gasteiger partial charge in [-0.25, -0.2) is 0 Å². The first kappa shape index (κ1) is 14.1. The molecule has 2 aliphatic heterocycles. The SMILES string of the molecule is CCCn1ncc(Cl)c1C(=O)C1CC2CCC(C1)N2C. The first-order chi connectivity index (χ1) is 9.61. The number of halogens is 1. The number of rotatable bonds is 4. The lowest BCUT2D eigenvalue weighted by molar-refractivity contribution is 0.0756. The topological polar surface area (TPSA) is 38.1 Å². The highest BCUT2D eigenvalue weighted by atomic mass is 35.5. The minimum Gasteiger partial charge on any atom is -0.300 e. The molecule has 0 aromatic carbocycles. The summed E-state index contributed by atoms with van der Waals surface area (Å²) in [7, 11) is 2.19. The Hall–Kier alpha value is -0.870. The van der Waals surface area contributed by atoms with Crippen molar-refractivity contribution in [3.05, 3.63) is 16.9 Å². The average Bonchev–Trinajstić information content (AvgIpc) is 2.86. The van der Waals surface area contributed by atoms with E-state index in [0.717, 1.165) is 25.8 Å². The van der Waals surface area contributed by atoms with Crippen molar-refractivity contribution in [2.24, 2.45) is 5.92 Å². The molecular weight excluding hydrogens is 274 g/mol. The third kappa shape index (κ3) is 2.29. The van der Waals surface area contributed by atoms with Crippen LogP contribution in [0.4, 0.5) is 0 Å². The summed E-state index contributed by atoms with van der Waals surface area (Å²) in [5.74, 6) is 0.319. The predicted molar refractivity (Wildman–Crippen MR) is 79.2 cm³/mol. The van der Waals surface area contributed by atoms with Crippen molar-refractivity contribution in [1.29, 1.82) is 0 Å². The van der Waals surface area contributed by atoms with Crippen LogP contribution in [0.3, 0.4) is 0 Å². The first-order valence-corrected chi connectivity index (χ1v) is 7.97. The lowest BCUT2D eigenvalue weighted by Crippen LogP contribution is -2.42. The highest BCUT2D eigenvalue weighted by Crippen LogP contribution is 2.39. The van der Waals surface area contributed by atoms with E-state index in [2.05, 4.69) is 24.0 Å². The van der Waals surface area contributed by atoms with Crippen LogP contribution in [0.5, 0.6) is 0 Å². The van der Waals surface area contributed by atoms with Crippen LogP contribution in [-0.4, -0.2) is 39.6 Å². The van der Waals surface area contributed by atoms with Crippen molar-refractivity contribution in [2.45, 2.75) is 57.7 Å². The van der Waals surface area contributed by atoms with Gasteiger partial charge in [0.1, 0.15) is 5.69 Å². The molecule has 2 bridgehead atoms. The van der Waals surface area contributed by atoms with Gasteiger partial charge in [-0.05, 0) is 39.2 Å². The lowest BCUT2D eigenvalue weighted by atomic mass is 9.86. The van der Waals surface area contributed by atoms with E-state index in [9.17, 15) is 4.79 Å². The van der Waals surface area contributed by atoms with E-state index in [1.54, 1.807) is 10.9 Å². The van der Waals surface area contributed by atoms with Gasteiger partial charge in [0.15, 0.2) is 5.78 Å². The van der Waals surface area contributed by atoms with Gasteiger partial charge in [0.25, 0.3) is 0 Å². The van der Waals surface area contributed by atoms with Crippen molar-refractivity contribution in [2.75, 3.05) is 7.05 Å². The molecule has 2 aliphatic rings. The summed E-state index contributed by atoms with van der Waals surface area (Å²) >= 11 is 6.20. The van der Waals surface area contributed by atoms with Crippen LogP contribution in [0.2, 0.25) is 5.02 Å². The van der Waals surface area contributed by atoms with Crippen molar-refractivity contribution in [1.82, 2.24) is 14.7 Å². The fourth-order valence-electron chi connectivity index (χ4n) is 3.81. The van der Waals surface area contributed by atoms with E-state index < -0.39 is 0 Å². The van der Waals surface area contributed by atoms with E-state index in [-0.39, 0.29) is 11.7 Å². The molecule has 0 N–H and O–H groups in total. The zero-order chi connectivity index (χ0) is 14.3. The van der Waals surface area contributed by atoms with Gasteiger partial charge in [-0.2, -0.15) is 5.10 Å². The molecule has 3 heterocycles. The van der Waals surface area contributed by atoms with E-state index in [1.165, 1.54) is 12.8 Å². The average molecular weight is 296 g/mol. The molecule has 5 heteroatoms. The van der Waals surface area contributed by atoms with Gasteiger partial charge in [-0.1, -0.05) is 18.5 Å². The van der Waals surface area contributed by atoms with Crippen molar-refractivity contribution in [3.8, 4) is 0 Å². The standard InChI is InChI=1S/C15H22ClN3O/c1-3-6-19-14(13(16)9-17-19)15(20)10-7-11-4-5-12(8-10)18(11)2/h9-12H,3-8H2,1-2H3. The third-order valence-corrected chi connectivity index (χ3v) is 5.21. The number of hydrogen-bond donors (Lipinski definition) is 0. The number of piperidine rings is 1. The van der Waals surface area contributed by atoms with E-state index in [4.69, 9.17) is 11.6 Å². The van der Waals surface area contributed by atoms with Crippen LogP contribution in [0.25, 0.3) is 0 Å². The second-order valence-electron chi connectivity index (χ2n) is 6.15. The monoisotopic (exact) mass is 295 g/mol. The van der Waals surface area contributed by atoms with Crippen molar-refractivity contribution >= 4 is 17.4 Å². The number of fused-ring (bicyclic) bond motifs is 2. The maximum absolute atomic E-state index is 12.8. The fraction of sp³-hybridized carbons (Fsp3) is 0.733. The molecule has 20 heavy (non-hydrogen) atoms. The summed E-state index contributed by atoms with van der Waals surface area (Å²) in [5.41, 5.74) is 0.627. The molecule has 2 unspecified atom stereocenters. The Kier molecular flexibility index (Phi) is 3.87. The molecular formula is C15H22ClN3O. The molecule has 1 aromatic rings. The number of ketones is 1. The molecule has 3 rings (SSSR count). The number of Topliss-reactive ketones (excluding diaryl/α,β-unsaturated/α-hetero) is 1. The molecule has 0 aliphatic carbocycles. The Morgan fingerprint density at radius 2 is 2.05 bits per heavy atom. The zero-order valence-electron chi connectivity index (χ0n) is 12.2. The summed E-state index contributed by atoms with van der Waals surface area (Å²) in [6.45, 7) is 2.84. The number of carbonyl (C=O) groups excluding carboxylic acids is 1. The third-order valence-electron chi connectivity index (χ3n) is 4.93. The van der Waals surface area contributed by atoms with Crippen LogP contribution in [0, 0.1) is 5.92 Å². The Balaban J connectivity index is 1.81. The lowest BCUT2D eigenvalue weighted by Gasteiger charge is -2.35. The summed E-state index contributed by atoms with van der Waals surface area (Å²) in [5, 5.41) is 4.75. The summed E-state index contributed by atoms with van der Waals surface area (Å²) in [6.07, 6.45) is 6.96. The second kappa shape index (κ2) is 5.49. The molecule has 0 amide bonds. The quantitative estimate of drug-likeness (QED) is 0.802. The van der Waals surface area contributed by atoms with Crippen LogP contribution in [0.1, 0.15) is 49.5 Å². The minimum atomic E-state index is 0.119. The normalized spacial score (nSPS) is 29.9. The Labute approximate surface area is 125 Å². The van der Waals surface area contributed by atoms with E-state index in [0.29, 0.717) is 22.8 Å². The summed E-state index contributed by atoms with van der Waals surface area (Å²) in [6, 6.07) is 1.15. The molecule has 2 fully saturated rings. The van der Waals surface area contributed by atoms with Gasteiger partial charge in [0.05, 0.1) is 11.2 Å². The number of hydrogen-bond acceptors (Lipinski definition) is 3. The van der Waals surface area contributed by atoms with Gasteiger partial charge >= 0.3 is 0 Å². The molecule has 1 aromatic heterocycles. The number of nitrogens with zero attached hydrogens (tertiary/aromatic N) is 3. The van der Waals surface area contributed by atoms with Crippen molar-refractivity contribution in [3.63, 3.8) is 0 Å². The molecule has 0 saturated carbocycles. The Bertz CT molecular complexity index is 499. The van der Waals surface area contributed by atoms with Gasteiger partial charge in [-0.15, -0.1) is 0 Å². The van der Waals surface area contributed by atoms with Crippen LogP contribution >= 0.6 is 11.6 Å². The molecule has 4 nitrogen and oxygen atoms in total. The van der Waals surface area contributed by atoms with Gasteiger partial charge in [0, 0.05) is 24.5 Å². The second-order valence-corrected chi connectivity index (χ2v) is 6.55. The summed E-state index contributed by atoms with van der Waals surface area (Å²) in [4.78, 5) is 15.3. The maximum atomic E-state index is 12.8. The number of aromatic nitrogens is 2. The largest absolute Gasteiger partial charge is 0.300 e. The fourth-order valence-corrected chi connectivity index (χ4v) is 4.04. The van der Waals surface area contributed by atoms with Gasteiger partial charge in [-0.3, -0.25) is 9.48 Å². The highest BCUT2D eigenvalue weighted by molar-refractivity contribution is 6.33. The molecule has 2 atom stereocenters. The van der Waals surface area contributed by atoms with Crippen LogP contribution in [0.15, 0.2) is 6.20 Å². The first-order valence-electron chi connectivity index (χ1n) is 7.59.